The normalized spacial score (nSPS) is 11.8. The Morgan fingerprint density at radius 1 is 1.23 bits per heavy atom. The fourth-order valence-electron chi connectivity index (χ4n) is 2.82. The number of aromatic amines is 1. The number of amides is 1. The van der Waals surface area contributed by atoms with Gasteiger partial charge in [-0.1, -0.05) is 18.2 Å². The first-order valence-electron chi connectivity index (χ1n) is 9.07. The molecule has 0 aliphatic heterocycles. The number of ether oxygens (including phenoxy) is 1. The molecular weight excluding hydrogens is 428 g/mol. The number of carbonyl (C=O) groups is 1. The van der Waals surface area contributed by atoms with Gasteiger partial charge in [0.1, 0.15) is 10.0 Å². The van der Waals surface area contributed by atoms with Gasteiger partial charge in [-0.15, -0.1) is 11.3 Å². The van der Waals surface area contributed by atoms with E-state index in [1.807, 2.05) is 0 Å². The van der Waals surface area contributed by atoms with Gasteiger partial charge >= 0.3 is 0 Å². The van der Waals surface area contributed by atoms with E-state index in [0.29, 0.717) is 16.7 Å². The molecule has 0 unspecified atom stereocenters. The summed E-state index contributed by atoms with van der Waals surface area (Å²) in [5.74, 6) is -0.114. The van der Waals surface area contributed by atoms with Crippen molar-refractivity contribution in [3.8, 4) is 0 Å². The van der Waals surface area contributed by atoms with E-state index in [9.17, 15) is 18.0 Å². The van der Waals surface area contributed by atoms with E-state index in [0.717, 1.165) is 15.6 Å². The first-order valence-corrected chi connectivity index (χ1v) is 11.4. The number of para-hydroxylation sites is 1. The number of thiophene rings is 1. The van der Waals surface area contributed by atoms with Gasteiger partial charge in [0.2, 0.25) is 5.91 Å². The highest BCUT2D eigenvalue weighted by molar-refractivity contribution is 7.91. The van der Waals surface area contributed by atoms with E-state index in [4.69, 9.17) is 4.74 Å². The zero-order valence-corrected chi connectivity index (χ0v) is 18.2. The van der Waals surface area contributed by atoms with E-state index >= 15 is 0 Å². The number of nitrogens with zero attached hydrogens (tertiary/aromatic N) is 3. The molecule has 9 nitrogen and oxygen atoms in total. The lowest BCUT2D eigenvalue weighted by Crippen LogP contribution is -2.42. The zero-order chi connectivity index (χ0) is 21.7. The second kappa shape index (κ2) is 9.47. The largest absolute Gasteiger partial charge is 0.383 e. The number of nitrogens with one attached hydrogen (secondary N) is 1. The summed E-state index contributed by atoms with van der Waals surface area (Å²) in [5, 5.41) is 2.12. The predicted molar refractivity (Wildman–Crippen MR) is 114 cm³/mol. The molecule has 3 aromatic rings. The van der Waals surface area contributed by atoms with E-state index in [1.165, 1.54) is 25.1 Å². The van der Waals surface area contributed by atoms with E-state index in [-0.39, 0.29) is 36.0 Å². The maximum Gasteiger partial charge on any atom is 0.258 e. The summed E-state index contributed by atoms with van der Waals surface area (Å²) >= 11 is 1.09. The molecule has 0 atom stereocenters. The summed E-state index contributed by atoms with van der Waals surface area (Å²) in [7, 11) is -0.889. The topological polar surface area (TPSA) is 113 Å². The summed E-state index contributed by atoms with van der Waals surface area (Å²) in [6, 6.07) is 10.0. The third-order valence-electron chi connectivity index (χ3n) is 4.44. The Bertz CT molecular complexity index is 1180. The summed E-state index contributed by atoms with van der Waals surface area (Å²) in [6.07, 6.45) is 0. The minimum atomic E-state index is -3.75. The Hall–Kier alpha value is -2.60. The fraction of sp³-hybridized carbons (Fsp3) is 0.316. The van der Waals surface area contributed by atoms with Gasteiger partial charge in [0.15, 0.2) is 0 Å². The molecule has 1 aromatic carbocycles. The lowest BCUT2D eigenvalue weighted by molar-refractivity contribution is -0.132. The molecule has 2 aromatic heterocycles. The van der Waals surface area contributed by atoms with Crippen molar-refractivity contribution in [1.82, 2.24) is 19.2 Å². The Labute approximate surface area is 178 Å². The number of methoxy groups -OCH3 is 1. The maximum atomic E-state index is 12.9. The van der Waals surface area contributed by atoms with Crippen LogP contribution in [0.15, 0.2) is 50.8 Å². The molecule has 0 aliphatic rings. The Morgan fingerprint density at radius 2 is 2.00 bits per heavy atom. The number of aromatic nitrogens is 2. The van der Waals surface area contributed by atoms with Crippen LogP contribution in [0.3, 0.4) is 0 Å². The Kier molecular flexibility index (Phi) is 6.98. The van der Waals surface area contributed by atoms with Crippen LogP contribution in [0.25, 0.3) is 10.9 Å². The van der Waals surface area contributed by atoms with Crippen LogP contribution in [-0.2, 0) is 26.1 Å². The average Bonchev–Trinajstić information content (AvgIpc) is 3.26. The van der Waals surface area contributed by atoms with Crippen molar-refractivity contribution in [2.75, 3.05) is 33.9 Å². The summed E-state index contributed by atoms with van der Waals surface area (Å²) in [4.78, 5) is 33.7. The van der Waals surface area contributed by atoms with Crippen LogP contribution in [0.5, 0.6) is 0 Å². The summed E-state index contributed by atoms with van der Waals surface area (Å²) in [6.45, 7) is 0.153. The average molecular weight is 451 g/mol. The lowest BCUT2D eigenvalue weighted by Gasteiger charge is -2.24. The molecule has 0 saturated heterocycles. The molecule has 11 heteroatoms. The minimum absolute atomic E-state index is 0.0230. The van der Waals surface area contributed by atoms with Crippen LogP contribution in [0.4, 0.5) is 0 Å². The lowest BCUT2D eigenvalue weighted by atomic mass is 10.2. The smallest absolute Gasteiger partial charge is 0.258 e. The van der Waals surface area contributed by atoms with E-state index < -0.39 is 15.9 Å². The number of carbonyl (C=O) groups excluding carboxylic acids is 1. The second-order valence-corrected chi connectivity index (χ2v) is 9.75. The van der Waals surface area contributed by atoms with E-state index in [2.05, 4.69) is 9.97 Å². The number of hydrogen-bond donors (Lipinski definition) is 1. The molecule has 1 N–H and O–H groups in total. The third kappa shape index (κ3) is 4.93. The fourth-order valence-corrected chi connectivity index (χ4v) is 5.14. The molecule has 3 rings (SSSR count). The Morgan fingerprint density at radius 3 is 2.70 bits per heavy atom. The number of sulfonamides is 1. The van der Waals surface area contributed by atoms with Gasteiger partial charge in [0.05, 0.1) is 30.6 Å². The van der Waals surface area contributed by atoms with Crippen molar-refractivity contribution in [3.63, 3.8) is 0 Å². The highest BCUT2D eigenvalue weighted by atomic mass is 32.2. The van der Waals surface area contributed by atoms with Crippen molar-refractivity contribution >= 4 is 38.2 Å². The van der Waals surface area contributed by atoms with Crippen LogP contribution in [0.1, 0.15) is 5.82 Å². The van der Waals surface area contributed by atoms with Crippen molar-refractivity contribution < 1.29 is 17.9 Å². The van der Waals surface area contributed by atoms with Crippen LogP contribution < -0.4 is 5.56 Å². The van der Waals surface area contributed by atoms with E-state index in [1.54, 1.807) is 35.7 Å². The monoisotopic (exact) mass is 450 g/mol. The van der Waals surface area contributed by atoms with Crippen LogP contribution in [-0.4, -0.2) is 67.4 Å². The van der Waals surface area contributed by atoms with Crippen LogP contribution in [0, 0.1) is 0 Å². The molecule has 30 heavy (non-hydrogen) atoms. The molecule has 0 bridgehead atoms. The number of fused-ring (bicyclic) bond motifs is 1. The van der Waals surface area contributed by atoms with Gasteiger partial charge in [0, 0.05) is 20.7 Å². The van der Waals surface area contributed by atoms with Crippen molar-refractivity contribution in [1.29, 1.82) is 0 Å². The molecule has 0 radical (unpaired) electrons. The molecular formula is C19H22N4O5S2. The first-order chi connectivity index (χ1) is 14.3. The number of benzene rings is 1. The second-order valence-electron chi connectivity index (χ2n) is 6.53. The van der Waals surface area contributed by atoms with Gasteiger partial charge < -0.3 is 14.6 Å². The SMILES string of the molecule is COCCN(Cc1nc2ccccc2c(=O)[nH]1)C(=O)CN(C)S(=O)(=O)c1cccs1. The van der Waals surface area contributed by atoms with Gasteiger partial charge in [-0.05, 0) is 23.6 Å². The van der Waals surface area contributed by atoms with Gasteiger partial charge in [-0.2, -0.15) is 4.31 Å². The van der Waals surface area contributed by atoms with Crippen molar-refractivity contribution in [3.05, 3.63) is 58.0 Å². The highest BCUT2D eigenvalue weighted by Crippen LogP contribution is 2.19. The standard InChI is InChI=1S/C19H22N4O5S2/c1-22(30(26,27)18-8-5-11-29-18)13-17(24)23(9-10-28-2)12-16-20-15-7-4-3-6-14(15)19(25)21-16/h3-8,11H,9-10,12-13H2,1-2H3,(H,20,21,25). The molecule has 2 heterocycles. The van der Waals surface area contributed by atoms with Gasteiger partial charge in [0.25, 0.3) is 15.6 Å². The minimum Gasteiger partial charge on any atom is -0.383 e. The molecule has 0 aliphatic carbocycles. The highest BCUT2D eigenvalue weighted by Gasteiger charge is 2.26. The molecule has 160 valence electrons. The molecule has 0 fully saturated rings. The quantitative estimate of drug-likeness (QED) is 0.526. The number of likely N-dealkylation sites (N-methyl/N-ethyl adjacent to an activating group) is 1. The van der Waals surface area contributed by atoms with Gasteiger partial charge in [-0.25, -0.2) is 13.4 Å². The number of rotatable bonds is 9. The first kappa shape index (κ1) is 22.1. The van der Waals surface area contributed by atoms with Crippen LogP contribution in [0.2, 0.25) is 0 Å². The Balaban J connectivity index is 1.80. The summed E-state index contributed by atoms with van der Waals surface area (Å²) in [5.41, 5.74) is 0.222. The predicted octanol–water partition coefficient (Wildman–Crippen LogP) is 1.28. The number of hydrogen-bond acceptors (Lipinski definition) is 7. The zero-order valence-electron chi connectivity index (χ0n) is 16.6. The van der Waals surface area contributed by atoms with Crippen molar-refractivity contribution in [2.45, 2.75) is 10.8 Å². The molecule has 0 saturated carbocycles. The van der Waals surface area contributed by atoms with Crippen molar-refractivity contribution in [2.24, 2.45) is 0 Å². The molecule has 0 spiro atoms. The third-order valence-corrected chi connectivity index (χ3v) is 7.61. The molecule has 1 amide bonds. The van der Waals surface area contributed by atoms with Crippen LogP contribution >= 0.6 is 11.3 Å². The maximum absolute atomic E-state index is 12.9. The number of H-pyrrole nitrogens is 1. The van der Waals surface area contributed by atoms with Gasteiger partial charge in [-0.3, -0.25) is 9.59 Å². The summed E-state index contributed by atoms with van der Waals surface area (Å²) < 4.78 is 31.4.